The third kappa shape index (κ3) is 4.22. The van der Waals surface area contributed by atoms with Crippen molar-refractivity contribution in [2.75, 3.05) is 39.3 Å². The summed E-state index contributed by atoms with van der Waals surface area (Å²) in [4.78, 5) is 6.44. The lowest BCUT2D eigenvalue weighted by molar-refractivity contribution is 0.0179. The fourth-order valence-corrected chi connectivity index (χ4v) is 4.69. The third-order valence-electron chi connectivity index (χ3n) is 4.25. The molecule has 21 heavy (non-hydrogen) atoms. The third-order valence-corrected chi connectivity index (χ3v) is 5.55. The van der Waals surface area contributed by atoms with Crippen LogP contribution < -0.4 is 0 Å². The van der Waals surface area contributed by atoms with E-state index in [-0.39, 0.29) is 0 Å². The molecule has 0 bridgehead atoms. The van der Waals surface area contributed by atoms with Crippen molar-refractivity contribution in [3.63, 3.8) is 0 Å². The van der Waals surface area contributed by atoms with Crippen molar-refractivity contribution in [2.45, 2.75) is 36.0 Å². The largest absolute Gasteiger partial charge is 0.389 e. The van der Waals surface area contributed by atoms with Crippen LogP contribution >= 0.6 is 11.8 Å². The Morgan fingerprint density at radius 2 is 1.81 bits per heavy atom. The lowest BCUT2D eigenvalue weighted by Gasteiger charge is -2.38. The summed E-state index contributed by atoms with van der Waals surface area (Å²) in [7, 11) is 0. The van der Waals surface area contributed by atoms with Crippen LogP contribution in [0.2, 0.25) is 0 Å². The highest BCUT2D eigenvalue weighted by Gasteiger charge is 2.27. The number of aliphatic hydroxyl groups is 1. The van der Waals surface area contributed by atoms with E-state index >= 15 is 0 Å². The van der Waals surface area contributed by atoms with Gasteiger partial charge in [0.05, 0.1) is 5.60 Å². The van der Waals surface area contributed by atoms with E-state index in [2.05, 4.69) is 34.1 Å². The Morgan fingerprint density at radius 3 is 2.48 bits per heavy atom. The molecule has 3 nitrogen and oxygen atoms in total. The van der Waals surface area contributed by atoms with E-state index in [9.17, 15) is 5.11 Å². The number of benzene rings is 1. The van der Waals surface area contributed by atoms with E-state index in [4.69, 9.17) is 0 Å². The van der Waals surface area contributed by atoms with Gasteiger partial charge < -0.3 is 5.11 Å². The molecule has 1 unspecified atom stereocenters. The highest BCUT2D eigenvalue weighted by atomic mass is 32.2. The number of rotatable bonds is 4. The zero-order valence-electron chi connectivity index (χ0n) is 13.1. The van der Waals surface area contributed by atoms with E-state index in [0.29, 0.717) is 5.25 Å². The Hall–Kier alpha value is -0.550. The number of hydrogen-bond donors (Lipinski definition) is 1. The minimum Gasteiger partial charge on any atom is -0.389 e. The van der Waals surface area contributed by atoms with Crippen molar-refractivity contribution >= 4 is 11.8 Å². The standard InChI is InChI=1S/C17H26N2OS/c1-17(2,20)13-19-9-7-18(8-10-19)12-15-11-14-5-3-4-6-16(14)21-15/h3-6,15,20H,7-13H2,1-2H3. The molecule has 1 atom stereocenters. The second-order valence-electron chi connectivity index (χ2n) is 6.94. The van der Waals surface area contributed by atoms with Gasteiger partial charge in [-0.05, 0) is 31.9 Å². The first-order chi connectivity index (χ1) is 9.99. The predicted molar refractivity (Wildman–Crippen MR) is 89.0 cm³/mol. The highest BCUT2D eigenvalue weighted by Crippen LogP contribution is 2.37. The van der Waals surface area contributed by atoms with Gasteiger partial charge in [0.2, 0.25) is 0 Å². The molecule has 116 valence electrons. The first-order valence-corrected chi connectivity index (χ1v) is 8.79. The van der Waals surface area contributed by atoms with Crippen LogP contribution in [0.3, 0.4) is 0 Å². The Labute approximate surface area is 132 Å². The number of fused-ring (bicyclic) bond motifs is 1. The van der Waals surface area contributed by atoms with E-state index in [0.717, 1.165) is 32.7 Å². The number of thioether (sulfide) groups is 1. The van der Waals surface area contributed by atoms with Crippen LogP contribution in [0.1, 0.15) is 19.4 Å². The molecule has 0 aliphatic carbocycles. The predicted octanol–water partition coefficient (Wildman–Crippen LogP) is 2.09. The lowest BCUT2D eigenvalue weighted by Crippen LogP contribution is -2.51. The average molecular weight is 306 g/mol. The fourth-order valence-electron chi connectivity index (χ4n) is 3.32. The zero-order valence-corrected chi connectivity index (χ0v) is 13.9. The molecule has 2 heterocycles. The topological polar surface area (TPSA) is 26.7 Å². The Bertz CT molecular complexity index is 453. The second-order valence-corrected chi connectivity index (χ2v) is 8.28. The van der Waals surface area contributed by atoms with Crippen molar-refractivity contribution in [1.82, 2.24) is 9.80 Å². The number of hydrogen-bond acceptors (Lipinski definition) is 4. The molecule has 3 rings (SSSR count). The van der Waals surface area contributed by atoms with Crippen LogP contribution in [-0.2, 0) is 6.42 Å². The number of nitrogens with zero attached hydrogens (tertiary/aromatic N) is 2. The molecule has 1 aromatic carbocycles. The van der Waals surface area contributed by atoms with Crippen molar-refractivity contribution < 1.29 is 5.11 Å². The number of β-amino-alcohol motifs (C(OH)–C–C–N with tert-alkyl or cyclic N) is 1. The van der Waals surface area contributed by atoms with Gasteiger partial charge in [0.15, 0.2) is 0 Å². The molecule has 0 saturated carbocycles. The Morgan fingerprint density at radius 1 is 1.14 bits per heavy atom. The molecule has 0 amide bonds. The van der Waals surface area contributed by atoms with Crippen molar-refractivity contribution in [1.29, 1.82) is 0 Å². The maximum absolute atomic E-state index is 9.91. The summed E-state index contributed by atoms with van der Waals surface area (Å²) in [6.07, 6.45) is 1.21. The van der Waals surface area contributed by atoms with Crippen LogP contribution in [0.4, 0.5) is 0 Å². The van der Waals surface area contributed by atoms with Gasteiger partial charge in [0, 0.05) is 49.4 Å². The molecule has 2 aliphatic rings. The van der Waals surface area contributed by atoms with Gasteiger partial charge in [-0.25, -0.2) is 0 Å². The molecule has 1 fully saturated rings. The molecule has 2 aliphatic heterocycles. The summed E-state index contributed by atoms with van der Waals surface area (Å²) in [6.45, 7) is 10.2. The minimum atomic E-state index is -0.578. The normalized spacial score (nSPS) is 24.2. The fraction of sp³-hybridized carbons (Fsp3) is 0.647. The second kappa shape index (κ2) is 6.29. The molecule has 4 heteroatoms. The maximum atomic E-state index is 9.91. The summed E-state index contributed by atoms with van der Waals surface area (Å²) in [5.74, 6) is 0. The zero-order chi connectivity index (χ0) is 14.9. The summed E-state index contributed by atoms with van der Waals surface area (Å²) in [5, 5.41) is 10.6. The van der Waals surface area contributed by atoms with Crippen LogP contribution in [0, 0.1) is 0 Å². The van der Waals surface area contributed by atoms with Gasteiger partial charge >= 0.3 is 0 Å². The molecular weight excluding hydrogens is 280 g/mol. The quantitative estimate of drug-likeness (QED) is 0.921. The first kappa shape index (κ1) is 15.3. The maximum Gasteiger partial charge on any atom is 0.0718 e. The summed E-state index contributed by atoms with van der Waals surface area (Å²) >= 11 is 2.05. The van der Waals surface area contributed by atoms with Crippen LogP contribution in [0.15, 0.2) is 29.2 Å². The molecule has 1 aromatic rings. The Balaban J connectivity index is 1.45. The molecule has 0 spiro atoms. The van der Waals surface area contributed by atoms with Gasteiger partial charge in [-0.1, -0.05) is 18.2 Å². The van der Waals surface area contributed by atoms with Crippen LogP contribution in [0.25, 0.3) is 0 Å². The minimum absolute atomic E-state index is 0.578. The molecule has 0 radical (unpaired) electrons. The van der Waals surface area contributed by atoms with Gasteiger partial charge in [-0.2, -0.15) is 0 Å². The summed E-state index contributed by atoms with van der Waals surface area (Å²) < 4.78 is 0. The number of piperazine rings is 1. The van der Waals surface area contributed by atoms with E-state index in [1.54, 1.807) is 0 Å². The smallest absolute Gasteiger partial charge is 0.0718 e. The van der Waals surface area contributed by atoms with E-state index < -0.39 is 5.60 Å². The monoisotopic (exact) mass is 306 g/mol. The molecule has 1 N–H and O–H groups in total. The van der Waals surface area contributed by atoms with Crippen molar-refractivity contribution in [3.8, 4) is 0 Å². The van der Waals surface area contributed by atoms with Gasteiger partial charge in [0.1, 0.15) is 0 Å². The summed E-state index contributed by atoms with van der Waals surface area (Å²) in [5.41, 5.74) is 0.943. The van der Waals surface area contributed by atoms with E-state index in [1.165, 1.54) is 23.4 Å². The SMILES string of the molecule is CC(C)(O)CN1CCN(CC2Cc3ccccc3S2)CC1. The van der Waals surface area contributed by atoms with Gasteiger partial charge in [-0.3, -0.25) is 9.80 Å². The highest BCUT2D eigenvalue weighted by molar-refractivity contribution is 8.00. The molecule has 1 saturated heterocycles. The molecular formula is C17H26N2OS. The van der Waals surface area contributed by atoms with Gasteiger partial charge in [0.25, 0.3) is 0 Å². The Kier molecular flexibility index (Phi) is 4.60. The van der Waals surface area contributed by atoms with E-state index in [1.807, 2.05) is 25.6 Å². The molecule has 0 aromatic heterocycles. The first-order valence-electron chi connectivity index (χ1n) is 7.91. The van der Waals surface area contributed by atoms with Crippen LogP contribution in [0.5, 0.6) is 0 Å². The lowest BCUT2D eigenvalue weighted by atomic mass is 10.1. The van der Waals surface area contributed by atoms with Gasteiger partial charge in [-0.15, -0.1) is 11.8 Å². The van der Waals surface area contributed by atoms with Crippen molar-refractivity contribution in [3.05, 3.63) is 29.8 Å². The van der Waals surface area contributed by atoms with Crippen LogP contribution in [-0.4, -0.2) is 65.0 Å². The average Bonchev–Trinajstić information content (AvgIpc) is 2.81. The summed E-state index contributed by atoms with van der Waals surface area (Å²) in [6, 6.07) is 8.81. The van der Waals surface area contributed by atoms with Crippen molar-refractivity contribution in [2.24, 2.45) is 0 Å².